The summed E-state index contributed by atoms with van der Waals surface area (Å²) in [6.07, 6.45) is -2.88. The molecule has 12 heavy (non-hydrogen) atoms. The van der Waals surface area contributed by atoms with Crippen molar-refractivity contribution in [1.29, 1.82) is 0 Å². The summed E-state index contributed by atoms with van der Waals surface area (Å²) in [4.78, 5) is 3.22. The molecule has 0 bridgehead atoms. The van der Waals surface area contributed by atoms with E-state index in [0.717, 1.165) is 12.1 Å². The lowest BCUT2D eigenvalue weighted by Gasteiger charge is -2.02. The first-order valence-corrected chi connectivity index (χ1v) is 3.18. The Morgan fingerprint density at radius 3 is 2.58 bits per heavy atom. The third-order valence-corrected chi connectivity index (χ3v) is 1.30. The van der Waals surface area contributed by atoms with Gasteiger partial charge in [-0.2, -0.15) is 0 Å². The number of pyridine rings is 1. The molecule has 0 aromatic carbocycles. The second-order valence-electron chi connectivity index (χ2n) is 2.14. The Bertz CT molecular complexity index is 277. The van der Waals surface area contributed by atoms with E-state index in [1.54, 1.807) is 0 Å². The zero-order chi connectivity index (χ0) is 9.14. The van der Waals surface area contributed by atoms with E-state index in [1.807, 2.05) is 0 Å². The number of rotatable bonds is 2. The zero-order valence-corrected chi connectivity index (χ0v) is 5.97. The molecule has 0 spiro atoms. The molecule has 1 rings (SSSR count). The van der Waals surface area contributed by atoms with Crippen LogP contribution in [0.15, 0.2) is 12.1 Å². The first kappa shape index (κ1) is 8.83. The van der Waals surface area contributed by atoms with E-state index in [1.165, 1.54) is 0 Å². The summed E-state index contributed by atoms with van der Waals surface area (Å²) in [5.74, 6) is -0.609. The third-order valence-electron chi connectivity index (χ3n) is 1.30. The molecule has 0 amide bonds. The molecule has 0 aliphatic rings. The standard InChI is InChI=1S/C7H6F3NO/c8-3-4-1-2-5(12)6(11-4)7(9)10/h1-2,7,12H,3H2. The second-order valence-corrected chi connectivity index (χ2v) is 2.14. The zero-order valence-electron chi connectivity index (χ0n) is 5.97. The summed E-state index contributed by atoms with van der Waals surface area (Å²) in [6, 6.07) is 2.16. The molecular weight excluding hydrogens is 171 g/mol. The van der Waals surface area contributed by atoms with Crippen LogP contribution in [0.5, 0.6) is 5.75 Å². The Labute approximate surface area is 66.7 Å². The summed E-state index contributed by atoms with van der Waals surface area (Å²) in [5, 5.41) is 8.84. The summed E-state index contributed by atoms with van der Waals surface area (Å²) in [7, 11) is 0. The summed E-state index contributed by atoms with van der Waals surface area (Å²) in [5.41, 5.74) is -0.881. The average Bonchev–Trinajstić information content (AvgIpc) is 2.05. The first-order valence-electron chi connectivity index (χ1n) is 3.18. The number of hydrogen-bond donors (Lipinski definition) is 1. The quantitative estimate of drug-likeness (QED) is 0.751. The van der Waals surface area contributed by atoms with E-state index in [9.17, 15) is 13.2 Å². The lowest BCUT2D eigenvalue weighted by molar-refractivity contribution is 0.141. The van der Waals surface area contributed by atoms with Gasteiger partial charge in [-0.3, -0.25) is 0 Å². The van der Waals surface area contributed by atoms with Crippen molar-refractivity contribution in [1.82, 2.24) is 4.98 Å². The average molecular weight is 177 g/mol. The normalized spacial score (nSPS) is 10.7. The number of hydrogen-bond acceptors (Lipinski definition) is 2. The number of nitrogens with zero attached hydrogens (tertiary/aromatic N) is 1. The molecular formula is C7H6F3NO. The van der Waals surface area contributed by atoms with E-state index in [-0.39, 0.29) is 5.69 Å². The molecule has 1 heterocycles. The first-order chi connectivity index (χ1) is 5.65. The fraction of sp³-hybridized carbons (Fsp3) is 0.286. The van der Waals surface area contributed by atoms with Gasteiger partial charge < -0.3 is 5.11 Å². The van der Waals surface area contributed by atoms with Crippen LogP contribution in [0, 0.1) is 0 Å². The smallest absolute Gasteiger partial charge is 0.284 e. The third kappa shape index (κ3) is 1.66. The molecule has 0 atom stereocenters. The van der Waals surface area contributed by atoms with E-state index in [2.05, 4.69) is 4.98 Å². The molecule has 1 aromatic rings. The molecule has 1 N–H and O–H groups in total. The lowest BCUT2D eigenvalue weighted by Crippen LogP contribution is -1.94. The Hall–Kier alpha value is -1.26. The van der Waals surface area contributed by atoms with Crippen LogP contribution < -0.4 is 0 Å². The predicted molar refractivity (Wildman–Crippen MR) is 35.7 cm³/mol. The van der Waals surface area contributed by atoms with Gasteiger partial charge in [-0.25, -0.2) is 18.2 Å². The lowest BCUT2D eigenvalue weighted by atomic mass is 10.3. The van der Waals surface area contributed by atoms with Gasteiger partial charge in [-0.1, -0.05) is 0 Å². The molecule has 0 aliphatic heterocycles. The summed E-state index contributed by atoms with van der Waals surface area (Å²) in [6.45, 7) is -0.917. The van der Waals surface area contributed by atoms with E-state index < -0.39 is 24.5 Å². The van der Waals surface area contributed by atoms with Crippen LogP contribution in [0.25, 0.3) is 0 Å². The number of aromatic nitrogens is 1. The minimum atomic E-state index is -2.88. The highest BCUT2D eigenvalue weighted by Crippen LogP contribution is 2.25. The SMILES string of the molecule is Oc1ccc(CF)nc1C(F)F. The maximum atomic E-state index is 12.0. The van der Waals surface area contributed by atoms with Crippen LogP contribution in [0.2, 0.25) is 0 Å². The van der Waals surface area contributed by atoms with Crippen molar-refractivity contribution in [2.24, 2.45) is 0 Å². The molecule has 2 nitrogen and oxygen atoms in total. The van der Waals surface area contributed by atoms with Gasteiger partial charge in [0, 0.05) is 0 Å². The van der Waals surface area contributed by atoms with Crippen molar-refractivity contribution >= 4 is 0 Å². The predicted octanol–water partition coefficient (Wildman–Crippen LogP) is 2.19. The number of aromatic hydroxyl groups is 1. The molecule has 0 aliphatic carbocycles. The minimum absolute atomic E-state index is 0.108. The molecule has 0 saturated heterocycles. The van der Waals surface area contributed by atoms with Crippen LogP contribution >= 0.6 is 0 Å². The van der Waals surface area contributed by atoms with Gasteiger partial charge in [0.15, 0.2) is 0 Å². The van der Waals surface area contributed by atoms with Gasteiger partial charge in [-0.05, 0) is 12.1 Å². The fourth-order valence-corrected chi connectivity index (χ4v) is 0.745. The Kier molecular flexibility index (Phi) is 2.52. The molecule has 0 saturated carbocycles. The topological polar surface area (TPSA) is 33.1 Å². The summed E-state index contributed by atoms with van der Waals surface area (Å²) >= 11 is 0. The molecule has 5 heteroatoms. The summed E-state index contributed by atoms with van der Waals surface area (Å²) < 4.78 is 35.9. The number of halogens is 3. The fourth-order valence-electron chi connectivity index (χ4n) is 0.745. The van der Waals surface area contributed by atoms with Gasteiger partial charge in [0.05, 0.1) is 5.69 Å². The van der Waals surface area contributed by atoms with Crippen molar-refractivity contribution in [3.05, 3.63) is 23.5 Å². The van der Waals surface area contributed by atoms with Gasteiger partial charge >= 0.3 is 0 Å². The van der Waals surface area contributed by atoms with Gasteiger partial charge in [0.2, 0.25) is 0 Å². The van der Waals surface area contributed by atoms with Crippen molar-refractivity contribution in [3.63, 3.8) is 0 Å². The Morgan fingerprint density at radius 1 is 1.42 bits per heavy atom. The van der Waals surface area contributed by atoms with Crippen molar-refractivity contribution < 1.29 is 18.3 Å². The van der Waals surface area contributed by atoms with Crippen LogP contribution in [0.1, 0.15) is 17.8 Å². The van der Waals surface area contributed by atoms with Crippen molar-refractivity contribution in [3.8, 4) is 5.75 Å². The van der Waals surface area contributed by atoms with Crippen LogP contribution in [-0.4, -0.2) is 10.1 Å². The molecule has 0 unspecified atom stereocenters. The van der Waals surface area contributed by atoms with Gasteiger partial charge in [0.1, 0.15) is 18.1 Å². The monoisotopic (exact) mass is 177 g/mol. The maximum Gasteiger partial charge on any atom is 0.284 e. The minimum Gasteiger partial charge on any atom is -0.506 e. The highest BCUT2D eigenvalue weighted by atomic mass is 19.3. The molecule has 66 valence electrons. The number of alkyl halides is 3. The maximum absolute atomic E-state index is 12.0. The van der Waals surface area contributed by atoms with Gasteiger partial charge in [-0.15, -0.1) is 0 Å². The Morgan fingerprint density at radius 2 is 2.08 bits per heavy atom. The molecule has 0 radical (unpaired) electrons. The second kappa shape index (κ2) is 3.42. The van der Waals surface area contributed by atoms with Crippen LogP contribution in [-0.2, 0) is 6.67 Å². The van der Waals surface area contributed by atoms with E-state index >= 15 is 0 Å². The van der Waals surface area contributed by atoms with Crippen LogP contribution in [0.4, 0.5) is 13.2 Å². The van der Waals surface area contributed by atoms with E-state index in [0.29, 0.717) is 0 Å². The molecule has 1 aromatic heterocycles. The highest BCUT2D eigenvalue weighted by molar-refractivity contribution is 5.28. The largest absolute Gasteiger partial charge is 0.506 e. The highest BCUT2D eigenvalue weighted by Gasteiger charge is 2.14. The molecule has 0 fully saturated rings. The van der Waals surface area contributed by atoms with Crippen molar-refractivity contribution in [2.75, 3.05) is 0 Å². The van der Waals surface area contributed by atoms with Crippen LogP contribution in [0.3, 0.4) is 0 Å². The van der Waals surface area contributed by atoms with E-state index in [4.69, 9.17) is 5.11 Å². The van der Waals surface area contributed by atoms with Crippen molar-refractivity contribution in [2.45, 2.75) is 13.1 Å². The Balaban J connectivity index is 3.08. The van der Waals surface area contributed by atoms with Gasteiger partial charge in [0.25, 0.3) is 6.43 Å².